The second-order valence-corrected chi connectivity index (χ2v) is 9.90. The molecule has 2 atom stereocenters. The quantitative estimate of drug-likeness (QED) is 0.468. The summed E-state index contributed by atoms with van der Waals surface area (Å²) >= 11 is 0. The fraction of sp³-hybridized carbons (Fsp3) is 0.333. The molecule has 1 amide bonds. The number of carbonyl (C=O) groups excluding carboxylic acids is 2. The number of ether oxygens (including phenoxy) is 2. The molecule has 2 saturated heterocycles. The predicted octanol–water partition coefficient (Wildman–Crippen LogP) is 5.61. The molecule has 3 aromatic carbocycles. The maximum Gasteiger partial charge on any atom is 0.410 e. The number of Topliss-reactive ketones (excluding diaryl/α,β-unsaturated/α-hetero) is 1. The van der Waals surface area contributed by atoms with E-state index >= 15 is 0 Å². The van der Waals surface area contributed by atoms with Crippen molar-refractivity contribution in [2.45, 2.75) is 37.8 Å². The van der Waals surface area contributed by atoms with Crippen LogP contribution in [0, 0.1) is 12.8 Å². The van der Waals surface area contributed by atoms with Gasteiger partial charge in [0.2, 0.25) is 0 Å². The third-order valence-electron chi connectivity index (χ3n) is 7.85. The molecule has 5 heteroatoms. The smallest absolute Gasteiger partial charge is 0.410 e. The Morgan fingerprint density at radius 3 is 2.06 bits per heavy atom. The number of carbonyl (C=O) groups is 2. The van der Waals surface area contributed by atoms with Crippen LogP contribution in [0.4, 0.5) is 4.79 Å². The van der Waals surface area contributed by atoms with Gasteiger partial charge in [-0.25, -0.2) is 4.79 Å². The van der Waals surface area contributed by atoms with Crippen LogP contribution >= 0.6 is 0 Å². The average molecular weight is 468 g/mol. The number of ketones is 1. The van der Waals surface area contributed by atoms with Crippen LogP contribution in [0.15, 0.2) is 72.8 Å². The molecule has 0 saturated carbocycles. The number of fused-ring (bicyclic) bond motifs is 5. The summed E-state index contributed by atoms with van der Waals surface area (Å²) < 4.78 is 11.7. The highest BCUT2D eigenvalue weighted by atomic mass is 16.6. The van der Waals surface area contributed by atoms with E-state index in [1.807, 2.05) is 60.4 Å². The highest BCUT2D eigenvalue weighted by Crippen LogP contribution is 2.44. The minimum Gasteiger partial charge on any atom is -0.448 e. The minimum atomic E-state index is -0.299. The van der Waals surface area contributed by atoms with Crippen molar-refractivity contribution in [2.75, 3.05) is 19.8 Å². The lowest BCUT2D eigenvalue weighted by Gasteiger charge is -2.47. The first-order valence-corrected chi connectivity index (χ1v) is 12.4. The van der Waals surface area contributed by atoms with Crippen LogP contribution in [-0.4, -0.2) is 48.7 Å². The lowest BCUT2D eigenvalue weighted by atomic mass is 9.80. The molecule has 3 aromatic rings. The van der Waals surface area contributed by atoms with Gasteiger partial charge in [-0.1, -0.05) is 72.8 Å². The lowest BCUT2D eigenvalue weighted by molar-refractivity contribution is -0.0747. The van der Waals surface area contributed by atoms with E-state index in [-0.39, 0.29) is 35.8 Å². The van der Waals surface area contributed by atoms with Crippen molar-refractivity contribution in [3.63, 3.8) is 0 Å². The zero-order chi connectivity index (χ0) is 23.9. The number of nitrogens with zero attached hydrogens (tertiary/aromatic N) is 1. The van der Waals surface area contributed by atoms with Crippen molar-refractivity contribution in [1.82, 2.24) is 4.90 Å². The standard InChI is InChI=1S/C30H29NO4/c1-19-8-2-3-9-23(19)29(32)20-14-21-16-34-17-22(15-20)31(21)30(33)35-18-28-26-12-6-4-10-24(26)25-11-5-7-13-27(25)28/h2-13,20-22,28H,14-18H2,1H3. The number of benzene rings is 3. The van der Waals surface area contributed by atoms with Crippen molar-refractivity contribution < 1.29 is 19.1 Å². The van der Waals surface area contributed by atoms with E-state index in [4.69, 9.17) is 9.47 Å². The molecule has 1 aliphatic carbocycles. The summed E-state index contributed by atoms with van der Waals surface area (Å²) in [5, 5.41) is 0. The molecule has 2 aliphatic heterocycles. The van der Waals surface area contributed by atoms with Gasteiger partial charge in [-0.15, -0.1) is 0 Å². The molecule has 3 aliphatic rings. The zero-order valence-corrected chi connectivity index (χ0v) is 19.9. The van der Waals surface area contributed by atoms with Gasteiger partial charge in [-0.05, 0) is 47.6 Å². The van der Waals surface area contributed by atoms with Crippen LogP contribution in [0.2, 0.25) is 0 Å². The second kappa shape index (κ2) is 8.97. The van der Waals surface area contributed by atoms with Crippen LogP contribution in [0.3, 0.4) is 0 Å². The number of hydrogen-bond donors (Lipinski definition) is 0. The summed E-state index contributed by atoms with van der Waals surface area (Å²) in [5.41, 5.74) is 6.61. The molecule has 2 bridgehead atoms. The highest BCUT2D eigenvalue weighted by Gasteiger charge is 2.45. The molecule has 2 unspecified atom stereocenters. The normalized spacial score (nSPS) is 22.9. The lowest BCUT2D eigenvalue weighted by Crippen LogP contribution is -2.60. The number of rotatable bonds is 4. The van der Waals surface area contributed by atoms with Crippen molar-refractivity contribution in [3.05, 3.63) is 95.1 Å². The fourth-order valence-electron chi connectivity index (χ4n) is 6.17. The molecule has 0 aromatic heterocycles. The average Bonchev–Trinajstić information content (AvgIpc) is 3.20. The first-order chi connectivity index (χ1) is 17.1. The molecular formula is C30H29NO4. The van der Waals surface area contributed by atoms with Gasteiger partial charge in [0, 0.05) is 17.4 Å². The van der Waals surface area contributed by atoms with Crippen molar-refractivity contribution in [1.29, 1.82) is 0 Å². The molecule has 0 N–H and O–H groups in total. The Bertz CT molecular complexity index is 1230. The summed E-state index contributed by atoms with van der Waals surface area (Å²) in [5.74, 6) is 0.0995. The van der Waals surface area contributed by atoms with Gasteiger partial charge in [0.05, 0.1) is 25.3 Å². The number of hydrogen-bond acceptors (Lipinski definition) is 4. The Kier molecular flexibility index (Phi) is 5.65. The Morgan fingerprint density at radius 1 is 0.857 bits per heavy atom. The summed E-state index contributed by atoms with van der Waals surface area (Å²) in [6.07, 6.45) is 0.911. The summed E-state index contributed by atoms with van der Waals surface area (Å²) in [4.78, 5) is 28.5. The Labute approximate surface area is 205 Å². The van der Waals surface area contributed by atoms with E-state index in [9.17, 15) is 9.59 Å². The molecule has 2 heterocycles. The van der Waals surface area contributed by atoms with Crippen LogP contribution in [0.5, 0.6) is 0 Å². The number of amides is 1. The topological polar surface area (TPSA) is 55.8 Å². The van der Waals surface area contributed by atoms with Gasteiger partial charge in [0.1, 0.15) is 6.61 Å². The zero-order valence-electron chi connectivity index (χ0n) is 19.9. The van der Waals surface area contributed by atoms with E-state index in [0.29, 0.717) is 32.7 Å². The van der Waals surface area contributed by atoms with Crippen LogP contribution in [0.1, 0.15) is 45.8 Å². The van der Waals surface area contributed by atoms with E-state index in [1.165, 1.54) is 22.3 Å². The second-order valence-electron chi connectivity index (χ2n) is 9.90. The van der Waals surface area contributed by atoms with Gasteiger partial charge in [-0.2, -0.15) is 0 Å². The fourth-order valence-corrected chi connectivity index (χ4v) is 6.17. The third kappa shape index (κ3) is 3.84. The SMILES string of the molecule is Cc1ccccc1C(=O)C1CC2COCC(C1)N2C(=O)OCC1c2ccccc2-c2ccccc21. The van der Waals surface area contributed by atoms with Crippen molar-refractivity contribution >= 4 is 11.9 Å². The minimum absolute atomic E-state index is 0.0302. The van der Waals surface area contributed by atoms with E-state index < -0.39 is 0 Å². The third-order valence-corrected chi connectivity index (χ3v) is 7.85. The van der Waals surface area contributed by atoms with E-state index in [2.05, 4.69) is 24.3 Å². The molecule has 5 nitrogen and oxygen atoms in total. The van der Waals surface area contributed by atoms with Gasteiger partial charge in [0.25, 0.3) is 0 Å². The van der Waals surface area contributed by atoms with Crippen molar-refractivity contribution in [3.8, 4) is 11.1 Å². The largest absolute Gasteiger partial charge is 0.448 e. The molecular weight excluding hydrogens is 438 g/mol. The van der Waals surface area contributed by atoms with E-state index in [0.717, 1.165) is 11.1 Å². The Balaban J connectivity index is 1.17. The molecule has 35 heavy (non-hydrogen) atoms. The number of piperidine rings is 1. The first-order valence-electron chi connectivity index (χ1n) is 12.4. The molecule has 6 rings (SSSR count). The Hall–Kier alpha value is -3.44. The predicted molar refractivity (Wildman–Crippen MR) is 134 cm³/mol. The summed E-state index contributed by atoms with van der Waals surface area (Å²) in [6, 6.07) is 24.2. The van der Waals surface area contributed by atoms with Gasteiger partial charge < -0.3 is 9.47 Å². The highest BCUT2D eigenvalue weighted by molar-refractivity contribution is 5.99. The number of morpholine rings is 1. The van der Waals surface area contributed by atoms with Gasteiger partial charge in [-0.3, -0.25) is 9.69 Å². The van der Waals surface area contributed by atoms with Crippen LogP contribution < -0.4 is 0 Å². The molecule has 2 fully saturated rings. The monoisotopic (exact) mass is 467 g/mol. The van der Waals surface area contributed by atoms with Crippen LogP contribution in [0.25, 0.3) is 11.1 Å². The van der Waals surface area contributed by atoms with Crippen LogP contribution in [-0.2, 0) is 9.47 Å². The molecule has 178 valence electrons. The molecule has 0 spiro atoms. The van der Waals surface area contributed by atoms with Gasteiger partial charge >= 0.3 is 6.09 Å². The Morgan fingerprint density at radius 2 is 1.43 bits per heavy atom. The molecule has 0 radical (unpaired) electrons. The van der Waals surface area contributed by atoms with Gasteiger partial charge in [0.15, 0.2) is 5.78 Å². The van der Waals surface area contributed by atoms with E-state index in [1.54, 1.807) is 0 Å². The number of aryl methyl sites for hydroxylation is 1. The summed E-state index contributed by atoms with van der Waals surface area (Å²) in [6.45, 7) is 3.16. The summed E-state index contributed by atoms with van der Waals surface area (Å²) in [7, 11) is 0. The first kappa shape index (κ1) is 22.1. The maximum absolute atomic E-state index is 13.4. The van der Waals surface area contributed by atoms with Crippen molar-refractivity contribution in [2.24, 2.45) is 5.92 Å². The maximum atomic E-state index is 13.4.